The summed E-state index contributed by atoms with van der Waals surface area (Å²) in [5.74, 6) is -0.149. The highest BCUT2D eigenvalue weighted by molar-refractivity contribution is 5.67. The minimum Gasteiger partial charge on any atom is -0.462 e. The molecule has 0 aromatic heterocycles. The molecular formula is C24H42O5. The zero-order valence-corrected chi connectivity index (χ0v) is 19.5. The van der Waals surface area contributed by atoms with Gasteiger partial charge in [-0.1, -0.05) is 32.8 Å². The number of carbonyl (C=O) groups excluding carboxylic acids is 2. The van der Waals surface area contributed by atoms with Crippen LogP contribution in [0.3, 0.4) is 0 Å². The lowest BCUT2D eigenvalue weighted by Crippen LogP contribution is -2.43. The second kappa shape index (κ2) is 11.7. The van der Waals surface area contributed by atoms with Crippen molar-refractivity contribution in [1.29, 1.82) is 0 Å². The van der Waals surface area contributed by atoms with Crippen LogP contribution in [0.15, 0.2) is 12.2 Å². The standard InChI is InChI=1S/C24H42O5/c1-18(12-9-15-24(7)16-10-14-23(5,6)29-24)11-8-13-19(2)22(28-21(4)26)17-27-20(3)25/h18,22H,2,8-17H2,1,3-7H3. The minimum atomic E-state index is -0.557. The molecule has 1 aliphatic rings. The van der Waals surface area contributed by atoms with Gasteiger partial charge in [0.25, 0.3) is 0 Å². The van der Waals surface area contributed by atoms with Gasteiger partial charge in [-0.05, 0) is 70.8 Å². The fourth-order valence-corrected chi connectivity index (χ4v) is 4.27. The molecule has 0 radical (unpaired) electrons. The Morgan fingerprint density at radius 2 is 1.72 bits per heavy atom. The maximum absolute atomic E-state index is 11.3. The summed E-state index contributed by atoms with van der Waals surface area (Å²) in [6.07, 6.45) is 9.32. The molecule has 1 saturated heterocycles. The van der Waals surface area contributed by atoms with Crippen LogP contribution in [0.5, 0.6) is 0 Å². The lowest BCUT2D eigenvalue weighted by Gasteiger charge is -2.43. The van der Waals surface area contributed by atoms with E-state index in [0.29, 0.717) is 5.92 Å². The Kier molecular flexibility index (Phi) is 10.4. The van der Waals surface area contributed by atoms with Gasteiger partial charge in [-0.3, -0.25) is 9.59 Å². The van der Waals surface area contributed by atoms with E-state index in [4.69, 9.17) is 14.2 Å². The van der Waals surface area contributed by atoms with E-state index in [9.17, 15) is 9.59 Å². The molecule has 0 spiro atoms. The van der Waals surface area contributed by atoms with Crippen LogP contribution in [0.2, 0.25) is 0 Å². The molecule has 5 heteroatoms. The summed E-state index contributed by atoms with van der Waals surface area (Å²) in [4.78, 5) is 22.3. The first-order valence-electron chi connectivity index (χ1n) is 11.1. The molecule has 0 saturated carbocycles. The van der Waals surface area contributed by atoms with Crippen molar-refractivity contribution in [3.05, 3.63) is 12.2 Å². The van der Waals surface area contributed by atoms with E-state index in [0.717, 1.165) is 44.1 Å². The Bertz CT molecular complexity index is 553. The summed E-state index contributed by atoms with van der Waals surface area (Å²) in [6, 6.07) is 0. The summed E-state index contributed by atoms with van der Waals surface area (Å²) >= 11 is 0. The summed E-state index contributed by atoms with van der Waals surface area (Å²) in [5, 5.41) is 0. The Hall–Kier alpha value is -1.36. The number of hydrogen-bond acceptors (Lipinski definition) is 5. The van der Waals surface area contributed by atoms with E-state index in [1.807, 2.05) is 0 Å². The SMILES string of the molecule is C=C(CCCC(C)CCCC1(C)CCCC(C)(C)O1)C(COC(C)=O)OC(C)=O. The zero-order valence-electron chi connectivity index (χ0n) is 19.5. The van der Waals surface area contributed by atoms with Crippen molar-refractivity contribution < 1.29 is 23.8 Å². The number of hydrogen-bond donors (Lipinski definition) is 0. The molecule has 29 heavy (non-hydrogen) atoms. The first-order chi connectivity index (χ1) is 13.4. The van der Waals surface area contributed by atoms with Crippen molar-refractivity contribution in [3.63, 3.8) is 0 Å². The molecule has 0 aliphatic carbocycles. The largest absolute Gasteiger partial charge is 0.462 e. The van der Waals surface area contributed by atoms with Crippen LogP contribution in [0.25, 0.3) is 0 Å². The van der Waals surface area contributed by atoms with Crippen LogP contribution in [0, 0.1) is 5.92 Å². The van der Waals surface area contributed by atoms with Crippen molar-refractivity contribution in [2.45, 2.75) is 117 Å². The Labute approximate surface area is 177 Å². The van der Waals surface area contributed by atoms with Gasteiger partial charge in [0.05, 0.1) is 11.2 Å². The molecule has 5 nitrogen and oxygen atoms in total. The normalized spacial score (nSPS) is 23.1. The summed E-state index contributed by atoms with van der Waals surface area (Å²) in [5.41, 5.74) is 0.826. The summed E-state index contributed by atoms with van der Waals surface area (Å²) in [6.45, 7) is 15.7. The van der Waals surface area contributed by atoms with Crippen molar-refractivity contribution in [2.75, 3.05) is 6.61 Å². The van der Waals surface area contributed by atoms with Crippen molar-refractivity contribution in [2.24, 2.45) is 5.92 Å². The Balaban J connectivity index is 2.30. The lowest BCUT2D eigenvalue weighted by atomic mass is 9.84. The van der Waals surface area contributed by atoms with Crippen LogP contribution >= 0.6 is 0 Å². The highest BCUT2D eigenvalue weighted by atomic mass is 16.6. The number of rotatable bonds is 12. The third-order valence-corrected chi connectivity index (χ3v) is 5.81. The topological polar surface area (TPSA) is 61.8 Å². The molecule has 0 aromatic rings. The van der Waals surface area contributed by atoms with Gasteiger partial charge >= 0.3 is 11.9 Å². The van der Waals surface area contributed by atoms with E-state index < -0.39 is 12.1 Å². The third-order valence-electron chi connectivity index (χ3n) is 5.81. The van der Waals surface area contributed by atoms with Gasteiger partial charge in [-0.25, -0.2) is 0 Å². The molecular weight excluding hydrogens is 368 g/mol. The third kappa shape index (κ3) is 10.8. The van der Waals surface area contributed by atoms with Crippen LogP contribution in [0.4, 0.5) is 0 Å². The molecule has 0 amide bonds. The number of ether oxygens (including phenoxy) is 3. The molecule has 168 valence electrons. The molecule has 1 aliphatic heterocycles. The molecule has 3 atom stereocenters. The van der Waals surface area contributed by atoms with Crippen LogP contribution in [0.1, 0.15) is 99.3 Å². The molecule has 1 fully saturated rings. The summed E-state index contributed by atoms with van der Waals surface area (Å²) in [7, 11) is 0. The minimum absolute atomic E-state index is 0.00354. The van der Waals surface area contributed by atoms with Gasteiger partial charge in [-0.15, -0.1) is 0 Å². The van der Waals surface area contributed by atoms with Gasteiger partial charge < -0.3 is 14.2 Å². The average Bonchev–Trinajstić information content (AvgIpc) is 2.56. The lowest BCUT2D eigenvalue weighted by molar-refractivity contribution is -0.168. The van der Waals surface area contributed by atoms with Gasteiger partial charge in [0.1, 0.15) is 6.61 Å². The predicted octanol–water partition coefficient (Wildman–Crippen LogP) is 5.75. The molecule has 3 unspecified atom stereocenters. The first-order valence-corrected chi connectivity index (χ1v) is 11.1. The molecule has 1 heterocycles. The molecule has 1 rings (SSSR count). The maximum atomic E-state index is 11.3. The van der Waals surface area contributed by atoms with Crippen LogP contribution < -0.4 is 0 Å². The monoisotopic (exact) mass is 410 g/mol. The smallest absolute Gasteiger partial charge is 0.303 e. The fourth-order valence-electron chi connectivity index (χ4n) is 4.27. The molecule has 0 bridgehead atoms. The molecule has 0 N–H and O–H groups in total. The van der Waals surface area contributed by atoms with Gasteiger partial charge in [0.2, 0.25) is 0 Å². The van der Waals surface area contributed by atoms with E-state index >= 15 is 0 Å². The van der Waals surface area contributed by atoms with E-state index in [1.54, 1.807) is 0 Å². The highest BCUT2D eigenvalue weighted by Crippen LogP contribution is 2.38. The highest BCUT2D eigenvalue weighted by Gasteiger charge is 2.36. The second-order valence-electron chi connectivity index (χ2n) is 9.61. The molecule has 0 aromatic carbocycles. The van der Waals surface area contributed by atoms with Gasteiger partial charge in [0, 0.05) is 13.8 Å². The second-order valence-corrected chi connectivity index (χ2v) is 9.61. The van der Waals surface area contributed by atoms with Crippen molar-refractivity contribution in [1.82, 2.24) is 0 Å². The predicted molar refractivity (Wildman–Crippen MR) is 116 cm³/mol. The van der Waals surface area contributed by atoms with Crippen LogP contribution in [-0.2, 0) is 23.8 Å². The first kappa shape index (κ1) is 25.7. The summed E-state index contributed by atoms with van der Waals surface area (Å²) < 4.78 is 16.6. The Morgan fingerprint density at radius 1 is 1.07 bits per heavy atom. The Morgan fingerprint density at radius 3 is 2.31 bits per heavy atom. The van der Waals surface area contributed by atoms with Crippen molar-refractivity contribution >= 4 is 11.9 Å². The van der Waals surface area contributed by atoms with Gasteiger partial charge in [-0.2, -0.15) is 0 Å². The van der Waals surface area contributed by atoms with E-state index in [2.05, 4.69) is 34.3 Å². The maximum Gasteiger partial charge on any atom is 0.303 e. The van der Waals surface area contributed by atoms with Gasteiger partial charge in [0.15, 0.2) is 6.10 Å². The zero-order chi connectivity index (χ0) is 22.1. The fraction of sp³-hybridized carbons (Fsp3) is 0.833. The quantitative estimate of drug-likeness (QED) is 0.303. The van der Waals surface area contributed by atoms with Crippen molar-refractivity contribution in [3.8, 4) is 0 Å². The van der Waals surface area contributed by atoms with E-state index in [-0.39, 0.29) is 23.8 Å². The number of carbonyl (C=O) groups is 2. The average molecular weight is 411 g/mol. The van der Waals surface area contributed by atoms with E-state index in [1.165, 1.54) is 33.1 Å². The van der Waals surface area contributed by atoms with Crippen LogP contribution in [-0.4, -0.2) is 35.9 Å². The number of esters is 2.